The van der Waals surface area contributed by atoms with Gasteiger partial charge < -0.3 is 0 Å². The predicted molar refractivity (Wildman–Crippen MR) is 270 cm³/mol. The Hall–Kier alpha value is -10.6. The van der Waals surface area contributed by atoms with Gasteiger partial charge in [0.15, 0.2) is 0 Å². The van der Waals surface area contributed by atoms with Gasteiger partial charge in [-0.1, -0.05) is 72.8 Å². The molecule has 7 aromatic carbocycles. The fraction of sp³-hybridized carbons (Fsp3) is 0. The minimum absolute atomic E-state index is 0.0872. The van der Waals surface area contributed by atoms with Crippen LogP contribution in [0.2, 0.25) is 0 Å². The summed E-state index contributed by atoms with van der Waals surface area (Å²) in [4.78, 5) is 174. The molecule has 342 valence electrons. The minimum atomic E-state index is -1.14. The van der Waals surface area contributed by atoms with E-state index >= 15 is 0 Å². The molecule has 18 heteroatoms. The summed E-state index contributed by atoms with van der Waals surface area (Å²) in [5.41, 5.74) is -12.8. The first-order valence-electron chi connectivity index (χ1n) is 21.9. The van der Waals surface area contributed by atoms with Gasteiger partial charge in [0.25, 0.3) is 66.7 Å². The molecule has 0 bridgehead atoms. The highest BCUT2D eigenvalue weighted by Gasteiger charge is 2.34. The van der Waals surface area contributed by atoms with Gasteiger partial charge in [-0.3, -0.25) is 57.5 Å². The SMILES string of the molecule is O=c1c2c3c(=O)n(-c4ccccc4)c(=O)c3c3c(=O)n(-c4ccc(-n5c(=O)c6c7c(=O)n(-c8ccccc8)c(=O)c7c7c(=O)n(-c8ccccc8)c(=O)c7c6c5=O)cc4)c(=O)c3c2c(=O)n1-c1ccccc1. The second kappa shape index (κ2) is 14.5. The number of rotatable bonds is 6. The van der Waals surface area contributed by atoms with Gasteiger partial charge in [0, 0.05) is 0 Å². The summed E-state index contributed by atoms with van der Waals surface area (Å²) in [6, 6.07) is 35.3. The third kappa shape index (κ3) is 5.09. The van der Waals surface area contributed by atoms with Gasteiger partial charge in [-0.15, -0.1) is 0 Å². The first-order chi connectivity index (χ1) is 34.8. The summed E-state index contributed by atoms with van der Waals surface area (Å²) in [6.45, 7) is 0. The van der Waals surface area contributed by atoms with E-state index in [1.165, 1.54) is 72.8 Å². The van der Waals surface area contributed by atoms with Crippen molar-refractivity contribution in [2.45, 2.75) is 0 Å². The van der Waals surface area contributed by atoms with Gasteiger partial charge in [0.2, 0.25) is 0 Å². The Bertz CT molecular complexity index is 4640. The number of fused-ring (bicyclic) bond motifs is 12. The van der Waals surface area contributed by atoms with Crippen LogP contribution in [0.5, 0.6) is 0 Å². The van der Waals surface area contributed by atoms with Gasteiger partial charge in [-0.05, 0) is 72.8 Å². The molecule has 6 heterocycles. The molecule has 18 nitrogen and oxygen atoms in total. The number of hydrogen-bond acceptors (Lipinski definition) is 12. The Balaban J connectivity index is 1.09. The lowest BCUT2D eigenvalue weighted by Gasteiger charge is -2.04. The molecule has 13 rings (SSSR count). The lowest BCUT2D eigenvalue weighted by Crippen LogP contribution is -2.26. The van der Waals surface area contributed by atoms with Crippen LogP contribution in [0.25, 0.3) is 98.8 Å². The summed E-state index contributed by atoms with van der Waals surface area (Å²) in [6.07, 6.45) is 0. The Morgan fingerprint density at radius 2 is 0.264 bits per heavy atom. The van der Waals surface area contributed by atoms with Crippen LogP contribution < -0.4 is 66.7 Å². The molecule has 0 N–H and O–H groups in total. The van der Waals surface area contributed by atoms with Gasteiger partial charge in [-0.25, -0.2) is 27.4 Å². The van der Waals surface area contributed by atoms with Crippen molar-refractivity contribution in [2.75, 3.05) is 0 Å². The van der Waals surface area contributed by atoms with Gasteiger partial charge in [0.1, 0.15) is 0 Å². The summed E-state index contributed by atoms with van der Waals surface area (Å²) in [5.74, 6) is 0. The van der Waals surface area contributed by atoms with Crippen molar-refractivity contribution in [3.8, 4) is 34.1 Å². The van der Waals surface area contributed by atoms with E-state index in [2.05, 4.69) is 0 Å². The molecule has 0 amide bonds. The molecule has 0 saturated heterocycles. The zero-order chi connectivity index (χ0) is 49.8. The number of nitrogens with zero attached hydrogens (tertiary/aromatic N) is 6. The largest absolute Gasteiger partial charge is 0.268 e. The van der Waals surface area contributed by atoms with Crippen LogP contribution in [0, 0.1) is 0 Å². The Kier molecular flexibility index (Phi) is 8.34. The van der Waals surface area contributed by atoms with E-state index in [9.17, 15) is 57.5 Å². The van der Waals surface area contributed by atoms with Crippen LogP contribution >= 0.6 is 0 Å². The lowest BCUT2D eigenvalue weighted by molar-refractivity contribution is 0.968. The van der Waals surface area contributed by atoms with Crippen LogP contribution in [-0.4, -0.2) is 27.4 Å². The third-order valence-electron chi connectivity index (χ3n) is 13.4. The molecule has 6 aromatic heterocycles. The molecule has 0 spiro atoms. The quantitative estimate of drug-likeness (QED) is 0.234. The van der Waals surface area contributed by atoms with E-state index in [4.69, 9.17) is 0 Å². The second-order valence-corrected chi connectivity index (χ2v) is 17.0. The van der Waals surface area contributed by atoms with Crippen molar-refractivity contribution in [3.05, 3.63) is 270 Å². The van der Waals surface area contributed by atoms with Crippen LogP contribution in [0.3, 0.4) is 0 Å². The second-order valence-electron chi connectivity index (χ2n) is 17.0. The van der Waals surface area contributed by atoms with Gasteiger partial charge in [0.05, 0.1) is 98.8 Å². The Morgan fingerprint density at radius 3 is 0.389 bits per heavy atom. The first kappa shape index (κ1) is 41.6. The van der Waals surface area contributed by atoms with Crippen molar-refractivity contribution >= 4 is 64.6 Å². The zero-order valence-electron chi connectivity index (χ0n) is 36.4. The number of hydrogen-bond donors (Lipinski definition) is 0. The Morgan fingerprint density at radius 1 is 0.153 bits per heavy atom. The normalized spacial score (nSPS) is 12.0. The predicted octanol–water partition coefficient (Wildman–Crippen LogP) is 2.30. The number of para-hydroxylation sites is 4. The highest BCUT2D eigenvalue weighted by molar-refractivity contribution is 6.26. The molecule has 0 aliphatic rings. The summed E-state index contributed by atoms with van der Waals surface area (Å²) in [5, 5.41) is -6.75. The molecule has 0 unspecified atom stereocenters. The maximum atomic E-state index is 14.8. The van der Waals surface area contributed by atoms with Crippen LogP contribution in [0.15, 0.2) is 203 Å². The van der Waals surface area contributed by atoms with Crippen molar-refractivity contribution in [2.24, 2.45) is 0 Å². The molecule has 0 aliphatic heterocycles. The molecule has 0 saturated carbocycles. The van der Waals surface area contributed by atoms with E-state index in [1.807, 2.05) is 0 Å². The monoisotopic (exact) mass is 948 g/mol. The summed E-state index contributed by atoms with van der Waals surface area (Å²) in [7, 11) is 0. The van der Waals surface area contributed by atoms with E-state index in [1.54, 1.807) is 72.8 Å². The number of benzene rings is 7. The van der Waals surface area contributed by atoms with Crippen molar-refractivity contribution in [1.82, 2.24) is 27.4 Å². The molecule has 72 heavy (non-hydrogen) atoms. The fourth-order valence-corrected chi connectivity index (χ4v) is 10.4. The smallest absolute Gasteiger partial charge is 0.267 e. The maximum absolute atomic E-state index is 14.8. The number of aromatic nitrogens is 6. The molecule has 13 aromatic rings. The minimum Gasteiger partial charge on any atom is -0.268 e. The Labute approximate surface area is 394 Å². The maximum Gasteiger partial charge on any atom is 0.267 e. The summed E-state index contributed by atoms with van der Waals surface area (Å²) < 4.78 is 4.24. The van der Waals surface area contributed by atoms with Crippen molar-refractivity contribution in [1.29, 1.82) is 0 Å². The highest BCUT2D eigenvalue weighted by atomic mass is 16.2. The molecule has 0 atom stereocenters. The fourth-order valence-electron chi connectivity index (χ4n) is 10.4. The van der Waals surface area contributed by atoms with Crippen LogP contribution in [0.1, 0.15) is 0 Å². The zero-order valence-corrected chi connectivity index (χ0v) is 36.4. The molecule has 0 radical (unpaired) electrons. The van der Waals surface area contributed by atoms with E-state index in [0.717, 1.165) is 18.3 Å². The summed E-state index contributed by atoms with van der Waals surface area (Å²) >= 11 is 0. The first-order valence-corrected chi connectivity index (χ1v) is 21.9. The average molecular weight is 949 g/mol. The van der Waals surface area contributed by atoms with Crippen LogP contribution in [-0.2, 0) is 0 Å². The molecule has 0 aliphatic carbocycles. The lowest BCUT2D eigenvalue weighted by atomic mass is 10.0. The van der Waals surface area contributed by atoms with Gasteiger partial charge in [-0.2, -0.15) is 0 Å². The van der Waals surface area contributed by atoms with Crippen LogP contribution in [0.4, 0.5) is 0 Å². The van der Waals surface area contributed by atoms with Crippen molar-refractivity contribution in [3.63, 3.8) is 0 Å². The molecular formula is C54H24N6O12. The van der Waals surface area contributed by atoms with Crippen molar-refractivity contribution < 1.29 is 0 Å². The average Bonchev–Trinajstić information content (AvgIpc) is 4.14. The molecular weight excluding hydrogens is 925 g/mol. The van der Waals surface area contributed by atoms with E-state index in [0.29, 0.717) is 9.13 Å². The third-order valence-corrected chi connectivity index (χ3v) is 13.4. The van der Waals surface area contributed by atoms with E-state index in [-0.39, 0.29) is 34.1 Å². The highest BCUT2D eigenvalue weighted by Crippen LogP contribution is 2.30. The van der Waals surface area contributed by atoms with Gasteiger partial charge >= 0.3 is 0 Å². The molecule has 0 fully saturated rings. The topological polar surface area (TPSA) is 234 Å². The van der Waals surface area contributed by atoms with E-state index < -0.39 is 131 Å². The standard InChI is InChI=1S/C54H24N6O12/c61-43-31-32-36(48(66)56(44(32)62)26-15-7-2-8-16-26)40-39(35(31)47(65)55(43)25-13-5-1-6-14-25)51(69)59(52(40)70)29-21-23-30(24-22-29)60-53(71)41-37-33(45(63)57(49(37)67)27-17-9-3-10-18-27)34-38(42(41)54(60)72)50(68)58(46(34)64)28-19-11-4-12-20-28/h1-24H.